The summed E-state index contributed by atoms with van der Waals surface area (Å²) in [7, 11) is 0. The highest BCUT2D eigenvalue weighted by molar-refractivity contribution is 7.99. The number of alkyl halides is 3. The number of nitrogens with zero attached hydrogens (tertiary/aromatic N) is 1. The number of aryl methyl sites for hydroxylation is 1. The molecule has 1 fully saturated rings. The lowest BCUT2D eigenvalue weighted by atomic mass is 9.94. The van der Waals surface area contributed by atoms with E-state index in [2.05, 4.69) is 5.32 Å². The fourth-order valence-corrected chi connectivity index (χ4v) is 3.68. The second kappa shape index (κ2) is 6.90. The molecule has 4 nitrogen and oxygen atoms in total. The van der Waals surface area contributed by atoms with Crippen molar-refractivity contribution in [1.29, 1.82) is 0 Å². The number of hydrogen-bond donors (Lipinski definition) is 1. The van der Waals surface area contributed by atoms with E-state index in [1.165, 1.54) is 35.7 Å². The van der Waals surface area contributed by atoms with Crippen molar-refractivity contribution in [2.24, 2.45) is 5.41 Å². The van der Waals surface area contributed by atoms with Crippen LogP contribution >= 0.6 is 11.8 Å². The van der Waals surface area contributed by atoms with Crippen LogP contribution in [0.1, 0.15) is 31.9 Å². The predicted molar refractivity (Wildman–Crippen MR) is 92.2 cm³/mol. The van der Waals surface area contributed by atoms with Gasteiger partial charge in [-0.3, -0.25) is 9.59 Å². The van der Waals surface area contributed by atoms with Crippen molar-refractivity contribution >= 4 is 29.3 Å². The minimum atomic E-state index is -4.48. The topological polar surface area (TPSA) is 49.4 Å². The summed E-state index contributed by atoms with van der Waals surface area (Å²) in [6.07, 6.45) is -4.48. The largest absolute Gasteiger partial charge is 0.416 e. The highest BCUT2D eigenvalue weighted by Gasteiger charge is 2.39. The normalized spacial score (nSPS) is 18.4. The minimum Gasteiger partial charge on any atom is -0.324 e. The van der Waals surface area contributed by atoms with Gasteiger partial charge >= 0.3 is 6.18 Å². The summed E-state index contributed by atoms with van der Waals surface area (Å²) in [5.41, 5.74) is -1.25. The van der Waals surface area contributed by atoms with Gasteiger partial charge < -0.3 is 10.2 Å². The van der Waals surface area contributed by atoms with E-state index < -0.39 is 29.1 Å². The Hall–Kier alpha value is -1.70. The average Bonchev–Trinajstić information content (AvgIpc) is 2.95. The Morgan fingerprint density at radius 3 is 2.44 bits per heavy atom. The average molecular weight is 374 g/mol. The van der Waals surface area contributed by atoms with Crippen molar-refractivity contribution in [3.8, 4) is 0 Å². The van der Waals surface area contributed by atoms with Gasteiger partial charge in [-0.15, -0.1) is 11.8 Å². The van der Waals surface area contributed by atoms with E-state index in [1.807, 2.05) is 0 Å². The quantitative estimate of drug-likeness (QED) is 0.854. The van der Waals surface area contributed by atoms with Gasteiger partial charge in [-0.1, -0.05) is 26.8 Å². The third-order valence-electron chi connectivity index (χ3n) is 3.90. The third-order valence-corrected chi connectivity index (χ3v) is 4.91. The van der Waals surface area contributed by atoms with E-state index in [-0.39, 0.29) is 17.2 Å². The molecule has 25 heavy (non-hydrogen) atoms. The molecule has 0 saturated carbocycles. The first-order valence-corrected chi connectivity index (χ1v) is 8.94. The van der Waals surface area contributed by atoms with Gasteiger partial charge in [0.15, 0.2) is 0 Å². The standard InChI is InChI=1S/C17H21F3N2O2S/c1-10-5-6-11(7-12(10)17(18,19)20)21-14(23)13-8-25-9-22(13)15(24)16(2,3)4/h5-7,13H,8-9H2,1-4H3,(H,21,23). The molecule has 2 rings (SSSR count). The Kier molecular flexibility index (Phi) is 5.41. The van der Waals surface area contributed by atoms with Gasteiger partial charge in [0.25, 0.3) is 0 Å². The van der Waals surface area contributed by atoms with Crippen molar-refractivity contribution in [2.75, 3.05) is 16.9 Å². The van der Waals surface area contributed by atoms with Crippen LogP contribution in [0.4, 0.5) is 18.9 Å². The Morgan fingerprint density at radius 2 is 1.88 bits per heavy atom. The number of hydrogen-bond acceptors (Lipinski definition) is 3. The smallest absolute Gasteiger partial charge is 0.324 e. The van der Waals surface area contributed by atoms with Crippen LogP contribution in [0.25, 0.3) is 0 Å². The second-order valence-electron chi connectivity index (χ2n) is 7.06. The lowest BCUT2D eigenvalue weighted by Crippen LogP contribution is -2.48. The summed E-state index contributed by atoms with van der Waals surface area (Å²) in [6.45, 7) is 6.67. The maximum absolute atomic E-state index is 13.0. The molecule has 1 saturated heterocycles. The van der Waals surface area contributed by atoms with Crippen LogP contribution in [0, 0.1) is 12.3 Å². The van der Waals surface area contributed by atoms with Gasteiger partial charge in [-0.25, -0.2) is 0 Å². The fraction of sp³-hybridized carbons (Fsp3) is 0.529. The van der Waals surface area contributed by atoms with Crippen LogP contribution in [-0.4, -0.2) is 34.4 Å². The van der Waals surface area contributed by atoms with E-state index in [1.54, 1.807) is 20.8 Å². The fourth-order valence-electron chi connectivity index (χ4n) is 2.52. The molecule has 2 amide bonds. The zero-order valence-electron chi connectivity index (χ0n) is 14.5. The number of rotatable bonds is 2. The molecule has 0 radical (unpaired) electrons. The van der Waals surface area contributed by atoms with E-state index in [9.17, 15) is 22.8 Å². The van der Waals surface area contributed by atoms with E-state index >= 15 is 0 Å². The van der Waals surface area contributed by atoms with Gasteiger partial charge in [-0.05, 0) is 24.6 Å². The monoisotopic (exact) mass is 374 g/mol. The number of amides is 2. The summed E-state index contributed by atoms with van der Waals surface area (Å²) in [5, 5.41) is 2.51. The van der Waals surface area contributed by atoms with Crippen molar-refractivity contribution in [3.05, 3.63) is 29.3 Å². The highest BCUT2D eigenvalue weighted by atomic mass is 32.2. The molecule has 0 aromatic heterocycles. The van der Waals surface area contributed by atoms with Crippen molar-refractivity contribution in [2.45, 2.75) is 39.9 Å². The first-order chi connectivity index (χ1) is 11.4. The lowest BCUT2D eigenvalue weighted by Gasteiger charge is -2.29. The number of nitrogens with one attached hydrogen (secondary N) is 1. The molecule has 1 N–H and O–H groups in total. The first-order valence-electron chi connectivity index (χ1n) is 7.79. The SMILES string of the molecule is Cc1ccc(NC(=O)C2CSCN2C(=O)C(C)(C)C)cc1C(F)(F)F. The third kappa shape index (κ3) is 4.48. The number of benzene rings is 1. The lowest BCUT2D eigenvalue weighted by molar-refractivity contribution is -0.143. The van der Waals surface area contributed by atoms with Crippen molar-refractivity contribution in [3.63, 3.8) is 0 Å². The van der Waals surface area contributed by atoms with E-state index in [0.29, 0.717) is 11.6 Å². The molecule has 0 aliphatic carbocycles. The van der Waals surface area contributed by atoms with Crippen LogP contribution in [0.2, 0.25) is 0 Å². The molecule has 1 aliphatic rings. The zero-order chi connectivity index (χ0) is 19.0. The van der Waals surface area contributed by atoms with Crippen LogP contribution < -0.4 is 5.32 Å². The molecule has 0 bridgehead atoms. The van der Waals surface area contributed by atoms with Crippen molar-refractivity contribution < 1.29 is 22.8 Å². The number of anilines is 1. The van der Waals surface area contributed by atoms with Crippen molar-refractivity contribution in [1.82, 2.24) is 4.90 Å². The minimum absolute atomic E-state index is 0.0722. The Bertz CT molecular complexity index is 683. The van der Waals surface area contributed by atoms with Gasteiger partial charge in [0.05, 0.1) is 11.4 Å². The molecule has 1 unspecified atom stereocenters. The molecule has 1 heterocycles. The molecule has 1 aromatic rings. The van der Waals surface area contributed by atoms with Crippen LogP contribution in [0.3, 0.4) is 0 Å². The molecule has 1 atom stereocenters. The summed E-state index contributed by atoms with van der Waals surface area (Å²) >= 11 is 1.45. The first kappa shape index (κ1) is 19.6. The number of thioether (sulfide) groups is 1. The van der Waals surface area contributed by atoms with Crippen LogP contribution in [0.5, 0.6) is 0 Å². The van der Waals surface area contributed by atoms with Gasteiger partial charge in [0, 0.05) is 16.9 Å². The molecule has 138 valence electrons. The summed E-state index contributed by atoms with van der Waals surface area (Å²) in [4.78, 5) is 26.4. The van der Waals surface area contributed by atoms with Gasteiger partial charge in [0.1, 0.15) is 6.04 Å². The molecule has 1 aromatic carbocycles. The Morgan fingerprint density at radius 1 is 1.24 bits per heavy atom. The molecule has 8 heteroatoms. The second-order valence-corrected chi connectivity index (χ2v) is 8.06. The molecular formula is C17H21F3N2O2S. The van der Waals surface area contributed by atoms with Crippen LogP contribution in [-0.2, 0) is 15.8 Å². The summed E-state index contributed by atoms with van der Waals surface area (Å²) < 4.78 is 39.0. The van der Waals surface area contributed by atoms with Gasteiger partial charge in [-0.2, -0.15) is 13.2 Å². The maximum atomic E-state index is 13.0. The molecular weight excluding hydrogens is 353 g/mol. The maximum Gasteiger partial charge on any atom is 0.416 e. The van der Waals surface area contributed by atoms with E-state index in [4.69, 9.17) is 0 Å². The van der Waals surface area contributed by atoms with E-state index in [0.717, 1.165) is 6.07 Å². The Labute approximate surface area is 149 Å². The van der Waals surface area contributed by atoms with Crippen LogP contribution in [0.15, 0.2) is 18.2 Å². The van der Waals surface area contributed by atoms with Gasteiger partial charge in [0.2, 0.25) is 11.8 Å². The highest BCUT2D eigenvalue weighted by Crippen LogP contribution is 2.34. The number of halogens is 3. The number of carbonyl (C=O) groups is 2. The summed E-state index contributed by atoms with van der Waals surface area (Å²) in [5.74, 6) is 0.193. The molecule has 1 aliphatic heterocycles. The predicted octanol–water partition coefficient (Wildman–Crippen LogP) is 3.90. The summed E-state index contributed by atoms with van der Waals surface area (Å²) in [6, 6.07) is 2.98. The Balaban J connectivity index is 2.18. The number of carbonyl (C=O) groups excluding carboxylic acids is 2. The zero-order valence-corrected chi connectivity index (χ0v) is 15.3. The molecule has 0 spiro atoms.